The Morgan fingerprint density at radius 1 is 1.30 bits per heavy atom. The molecule has 1 aliphatic rings. The van der Waals surface area contributed by atoms with E-state index in [4.69, 9.17) is 11.6 Å². The molecule has 0 saturated carbocycles. The molecule has 0 amide bonds. The van der Waals surface area contributed by atoms with E-state index in [1.807, 2.05) is 6.07 Å². The van der Waals surface area contributed by atoms with E-state index in [9.17, 15) is 9.90 Å². The van der Waals surface area contributed by atoms with Gasteiger partial charge in [0.1, 0.15) is 0 Å². The lowest BCUT2D eigenvalue weighted by Crippen LogP contribution is -2.38. The third-order valence-electron chi connectivity index (χ3n) is 4.25. The third-order valence-corrected chi connectivity index (χ3v) is 4.48. The number of carbonyl (C=O) groups is 1. The van der Waals surface area contributed by atoms with Crippen LogP contribution in [0.3, 0.4) is 0 Å². The summed E-state index contributed by atoms with van der Waals surface area (Å²) in [5.74, 6) is -0.222. The average molecular weight is 296 g/mol. The minimum Gasteiger partial charge on any atom is -0.478 e. The number of hydrogen-bond donors (Lipinski definition) is 1. The van der Waals surface area contributed by atoms with Crippen LogP contribution >= 0.6 is 11.6 Å². The molecule has 1 aliphatic heterocycles. The first-order chi connectivity index (χ1) is 9.29. The number of halogens is 1. The van der Waals surface area contributed by atoms with Gasteiger partial charge in [-0.3, -0.25) is 0 Å². The van der Waals surface area contributed by atoms with Crippen LogP contribution in [0.2, 0.25) is 5.02 Å². The summed E-state index contributed by atoms with van der Waals surface area (Å²) in [6, 6.07) is 5.12. The third kappa shape index (κ3) is 3.26. The first-order valence-electron chi connectivity index (χ1n) is 7.07. The molecule has 0 radical (unpaired) electrons. The number of rotatable bonds is 2. The van der Waals surface area contributed by atoms with Gasteiger partial charge < -0.3 is 10.0 Å². The Bertz CT molecular complexity index is 500. The smallest absolute Gasteiger partial charge is 0.337 e. The van der Waals surface area contributed by atoms with Crippen LogP contribution < -0.4 is 4.90 Å². The van der Waals surface area contributed by atoms with Gasteiger partial charge in [0.25, 0.3) is 0 Å². The summed E-state index contributed by atoms with van der Waals surface area (Å²) in [5.41, 5.74) is 1.41. The zero-order chi connectivity index (χ0) is 14.9. The van der Waals surface area contributed by atoms with E-state index in [0.29, 0.717) is 21.9 Å². The molecule has 0 atom stereocenters. The lowest BCUT2D eigenvalue weighted by atomic mass is 9.75. The van der Waals surface area contributed by atoms with Crippen LogP contribution in [-0.4, -0.2) is 24.2 Å². The van der Waals surface area contributed by atoms with E-state index < -0.39 is 5.97 Å². The normalized spacial score (nSPS) is 17.3. The molecule has 1 N–H and O–H groups in total. The van der Waals surface area contributed by atoms with Gasteiger partial charge in [-0.2, -0.15) is 0 Å². The van der Waals surface area contributed by atoms with Crippen LogP contribution in [0, 0.1) is 11.3 Å². The maximum absolute atomic E-state index is 11.4. The average Bonchev–Trinajstić information content (AvgIpc) is 2.37. The monoisotopic (exact) mass is 295 g/mol. The maximum Gasteiger partial charge on any atom is 0.337 e. The van der Waals surface area contributed by atoms with Crippen molar-refractivity contribution in [3.05, 3.63) is 28.8 Å². The molecule has 0 spiro atoms. The molecule has 20 heavy (non-hydrogen) atoms. The predicted molar refractivity (Wildman–Crippen MR) is 82.8 cm³/mol. The van der Waals surface area contributed by atoms with Crippen LogP contribution in [0.25, 0.3) is 0 Å². The van der Waals surface area contributed by atoms with Gasteiger partial charge in [0.05, 0.1) is 11.3 Å². The molecule has 0 bridgehead atoms. The topological polar surface area (TPSA) is 40.5 Å². The van der Waals surface area contributed by atoms with Gasteiger partial charge in [-0.1, -0.05) is 32.4 Å². The molecule has 0 aromatic heterocycles. The van der Waals surface area contributed by atoms with Crippen molar-refractivity contribution >= 4 is 23.3 Å². The molecule has 3 nitrogen and oxygen atoms in total. The first-order valence-corrected chi connectivity index (χ1v) is 7.44. The highest BCUT2D eigenvalue weighted by Gasteiger charge is 2.29. The van der Waals surface area contributed by atoms with Gasteiger partial charge in [0.2, 0.25) is 0 Å². The zero-order valence-electron chi connectivity index (χ0n) is 12.3. The summed E-state index contributed by atoms with van der Waals surface area (Å²) >= 11 is 5.90. The Morgan fingerprint density at radius 3 is 2.40 bits per heavy atom. The van der Waals surface area contributed by atoms with Gasteiger partial charge in [-0.15, -0.1) is 0 Å². The molecular weight excluding hydrogens is 274 g/mol. The minimum absolute atomic E-state index is 0.298. The van der Waals surface area contributed by atoms with E-state index in [0.717, 1.165) is 31.6 Å². The van der Waals surface area contributed by atoms with E-state index >= 15 is 0 Å². The molecule has 0 aliphatic carbocycles. The number of aromatic carboxylic acids is 1. The van der Waals surface area contributed by atoms with Crippen molar-refractivity contribution in [2.45, 2.75) is 33.6 Å². The molecule has 0 unspecified atom stereocenters. The second-order valence-corrected chi connectivity index (χ2v) is 7.03. The quantitative estimate of drug-likeness (QED) is 0.884. The SMILES string of the molecule is CC(C)(C)C1CCN(c2ccc(Cl)cc2C(=O)O)CC1. The summed E-state index contributed by atoms with van der Waals surface area (Å²) in [7, 11) is 0. The molecule has 1 fully saturated rings. The van der Waals surface area contributed by atoms with Crippen molar-refractivity contribution in [1.82, 2.24) is 0 Å². The second-order valence-electron chi connectivity index (χ2n) is 6.59. The lowest BCUT2D eigenvalue weighted by Gasteiger charge is -2.40. The molecule has 4 heteroatoms. The van der Waals surface area contributed by atoms with Crippen molar-refractivity contribution in [3.8, 4) is 0 Å². The van der Waals surface area contributed by atoms with Crippen molar-refractivity contribution < 1.29 is 9.90 Å². The van der Waals surface area contributed by atoms with Crippen LogP contribution in [0.5, 0.6) is 0 Å². The number of anilines is 1. The molecule has 2 rings (SSSR count). The Balaban J connectivity index is 2.17. The van der Waals surface area contributed by atoms with Gasteiger partial charge >= 0.3 is 5.97 Å². The predicted octanol–water partition coefficient (Wildman–Crippen LogP) is 4.30. The molecule has 1 heterocycles. The summed E-state index contributed by atoms with van der Waals surface area (Å²) in [6.07, 6.45) is 2.20. The standard InChI is InChI=1S/C16H22ClNO2/c1-16(2,3)11-6-8-18(9-7-11)14-5-4-12(17)10-13(14)15(19)20/h4-5,10-11H,6-9H2,1-3H3,(H,19,20). The summed E-state index contributed by atoms with van der Waals surface area (Å²) in [4.78, 5) is 13.5. The van der Waals surface area contributed by atoms with Crippen LogP contribution in [-0.2, 0) is 0 Å². The van der Waals surface area contributed by atoms with Gasteiger partial charge in [0, 0.05) is 18.1 Å². The van der Waals surface area contributed by atoms with Crippen LogP contribution in [0.4, 0.5) is 5.69 Å². The Labute approximate surface area is 125 Å². The number of carboxylic acid groups (broad SMARTS) is 1. The highest BCUT2D eigenvalue weighted by Crippen LogP contribution is 2.36. The minimum atomic E-state index is -0.916. The molecule has 1 saturated heterocycles. The van der Waals surface area contributed by atoms with Crippen molar-refractivity contribution in [2.75, 3.05) is 18.0 Å². The van der Waals surface area contributed by atoms with Gasteiger partial charge in [-0.05, 0) is 42.4 Å². The molecule has 110 valence electrons. The fraction of sp³-hybridized carbons (Fsp3) is 0.562. The highest BCUT2D eigenvalue weighted by molar-refractivity contribution is 6.31. The fourth-order valence-electron chi connectivity index (χ4n) is 2.94. The first kappa shape index (κ1) is 15.2. The Morgan fingerprint density at radius 2 is 1.90 bits per heavy atom. The number of benzene rings is 1. The summed E-state index contributed by atoms with van der Waals surface area (Å²) < 4.78 is 0. The summed E-state index contributed by atoms with van der Waals surface area (Å²) in [6.45, 7) is 8.64. The van der Waals surface area contributed by atoms with Crippen molar-refractivity contribution in [1.29, 1.82) is 0 Å². The lowest BCUT2D eigenvalue weighted by molar-refractivity contribution is 0.0697. The molecular formula is C16H22ClNO2. The van der Waals surface area contributed by atoms with Gasteiger partial charge in [-0.25, -0.2) is 4.79 Å². The fourth-order valence-corrected chi connectivity index (χ4v) is 3.11. The van der Waals surface area contributed by atoms with Crippen molar-refractivity contribution in [3.63, 3.8) is 0 Å². The van der Waals surface area contributed by atoms with E-state index in [-0.39, 0.29) is 0 Å². The highest BCUT2D eigenvalue weighted by atomic mass is 35.5. The largest absolute Gasteiger partial charge is 0.478 e. The number of carboxylic acids is 1. The molecule has 1 aromatic carbocycles. The Hall–Kier alpha value is -1.22. The second kappa shape index (κ2) is 5.65. The van der Waals surface area contributed by atoms with Crippen molar-refractivity contribution in [2.24, 2.45) is 11.3 Å². The number of hydrogen-bond acceptors (Lipinski definition) is 2. The Kier molecular flexibility index (Phi) is 4.28. The summed E-state index contributed by atoms with van der Waals surface area (Å²) in [5, 5.41) is 9.78. The van der Waals surface area contributed by atoms with Crippen LogP contribution in [0.15, 0.2) is 18.2 Å². The zero-order valence-corrected chi connectivity index (χ0v) is 13.1. The number of piperidine rings is 1. The van der Waals surface area contributed by atoms with E-state index in [1.165, 1.54) is 6.07 Å². The number of nitrogens with zero attached hydrogens (tertiary/aromatic N) is 1. The maximum atomic E-state index is 11.4. The van der Waals surface area contributed by atoms with E-state index in [1.54, 1.807) is 6.07 Å². The molecule has 1 aromatic rings. The van der Waals surface area contributed by atoms with E-state index in [2.05, 4.69) is 25.7 Å². The van der Waals surface area contributed by atoms with Gasteiger partial charge in [0.15, 0.2) is 0 Å². The van der Waals surface area contributed by atoms with Crippen LogP contribution in [0.1, 0.15) is 44.0 Å².